The van der Waals surface area contributed by atoms with Crippen molar-refractivity contribution in [2.75, 3.05) is 0 Å². The number of nitrogens with zero attached hydrogens (tertiary/aromatic N) is 3. The highest BCUT2D eigenvalue weighted by Crippen LogP contribution is 2.06. The summed E-state index contributed by atoms with van der Waals surface area (Å²) in [6, 6.07) is 13.6. The lowest BCUT2D eigenvalue weighted by Crippen LogP contribution is -2.21. The molecule has 1 amide bonds. The van der Waals surface area contributed by atoms with Crippen LogP contribution in [-0.2, 0) is 11.3 Å². The largest absolute Gasteiger partial charge is 0.345 e. The highest BCUT2D eigenvalue weighted by molar-refractivity contribution is 5.91. The van der Waals surface area contributed by atoms with Crippen LogP contribution >= 0.6 is 0 Å². The summed E-state index contributed by atoms with van der Waals surface area (Å²) in [5.41, 5.74) is 2.93. The lowest BCUT2D eigenvalue weighted by molar-refractivity contribution is -0.116. The summed E-state index contributed by atoms with van der Waals surface area (Å²) in [6.45, 7) is 2.36. The molecule has 0 bridgehead atoms. The van der Waals surface area contributed by atoms with Gasteiger partial charge in [-0.15, -0.1) is 10.2 Å². The molecular weight excluding hydrogens is 276 g/mol. The molecule has 110 valence electrons. The number of hydrogen-bond donors (Lipinski definition) is 1. The highest BCUT2D eigenvalue weighted by Gasteiger charge is 2.05. The fourth-order valence-corrected chi connectivity index (χ4v) is 2.18. The van der Waals surface area contributed by atoms with Crippen molar-refractivity contribution < 1.29 is 4.79 Å². The minimum Gasteiger partial charge on any atom is -0.345 e. The molecule has 5 nitrogen and oxygen atoms in total. The fraction of sp³-hybridized carbons (Fsp3) is 0.118. The molecule has 0 radical (unpaired) electrons. The molecule has 5 heteroatoms. The smallest absolute Gasteiger partial charge is 0.244 e. The molecule has 0 aliphatic carbocycles. The van der Waals surface area contributed by atoms with Gasteiger partial charge in [0.2, 0.25) is 5.91 Å². The Balaban J connectivity index is 1.63. The van der Waals surface area contributed by atoms with E-state index in [0.29, 0.717) is 12.4 Å². The predicted molar refractivity (Wildman–Crippen MR) is 85.0 cm³/mol. The first-order valence-electron chi connectivity index (χ1n) is 7.03. The van der Waals surface area contributed by atoms with Gasteiger partial charge in [0.25, 0.3) is 0 Å². The van der Waals surface area contributed by atoms with Crippen LogP contribution in [0.1, 0.15) is 17.0 Å². The number of carbonyl (C=O) groups excluding carboxylic acids is 1. The Bertz CT molecular complexity index is 835. The second kappa shape index (κ2) is 6.22. The minimum atomic E-state index is -0.158. The van der Waals surface area contributed by atoms with Gasteiger partial charge in [0, 0.05) is 12.3 Å². The van der Waals surface area contributed by atoms with E-state index in [2.05, 4.69) is 15.5 Å². The number of benzene rings is 1. The van der Waals surface area contributed by atoms with Gasteiger partial charge in [-0.05, 0) is 30.7 Å². The molecule has 0 atom stereocenters. The van der Waals surface area contributed by atoms with Crippen LogP contribution in [-0.4, -0.2) is 20.5 Å². The molecular formula is C17H16N4O. The van der Waals surface area contributed by atoms with Crippen molar-refractivity contribution >= 4 is 17.6 Å². The zero-order valence-electron chi connectivity index (χ0n) is 12.2. The standard InChI is InChI=1S/C17H16N4O/c1-13-5-4-6-14(11-13)8-9-17(22)18-12-16-20-19-15-7-2-3-10-21(15)16/h2-11H,12H2,1H3,(H,18,22). The average Bonchev–Trinajstić information content (AvgIpc) is 2.94. The molecule has 0 aliphatic rings. The number of aromatic nitrogens is 3. The fourth-order valence-electron chi connectivity index (χ4n) is 2.18. The van der Waals surface area contributed by atoms with Crippen molar-refractivity contribution in [3.8, 4) is 0 Å². The van der Waals surface area contributed by atoms with Crippen molar-refractivity contribution in [2.24, 2.45) is 0 Å². The number of hydrogen-bond acceptors (Lipinski definition) is 3. The van der Waals surface area contributed by atoms with Gasteiger partial charge in [-0.2, -0.15) is 0 Å². The van der Waals surface area contributed by atoms with Crippen LogP contribution in [0.15, 0.2) is 54.7 Å². The maximum atomic E-state index is 11.9. The summed E-state index contributed by atoms with van der Waals surface area (Å²) in [7, 11) is 0. The molecule has 1 N–H and O–H groups in total. The molecule has 3 rings (SSSR count). The van der Waals surface area contributed by atoms with E-state index in [0.717, 1.165) is 16.8 Å². The summed E-state index contributed by atoms with van der Waals surface area (Å²) in [4.78, 5) is 11.9. The Kier molecular flexibility index (Phi) is 3.96. The monoisotopic (exact) mass is 292 g/mol. The Morgan fingerprint density at radius 3 is 3.00 bits per heavy atom. The van der Waals surface area contributed by atoms with Crippen LogP contribution in [0.25, 0.3) is 11.7 Å². The van der Waals surface area contributed by atoms with Crippen LogP contribution in [0.2, 0.25) is 0 Å². The van der Waals surface area contributed by atoms with E-state index < -0.39 is 0 Å². The van der Waals surface area contributed by atoms with E-state index in [1.807, 2.05) is 60.0 Å². The third-order valence-electron chi connectivity index (χ3n) is 3.27. The number of pyridine rings is 1. The van der Waals surface area contributed by atoms with Gasteiger partial charge in [0.15, 0.2) is 11.5 Å². The van der Waals surface area contributed by atoms with Crippen molar-refractivity contribution in [1.82, 2.24) is 19.9 Å². The zero-order valence-corrected chi connectivity index (χ0v) is 12.2. The molecule has 22 heavy (non-hydrogen) atoms. The number of amides is 1. The van der Waals surface area contributed by atoms with Crippen LogP contribution < -0.4 is 5.32 Å². The number of fused-ring (bicyclic) bond motifs is 1. The third-order valence-corrected chi connectivity index (χ3v) is 3.27. The SMILES string of the molecule is Cc1cccc(C=CC(=O)NCc2nnc3ccccn23)c1. The molecule has 2 aromatic heterocycles. The Morgan fingerprint density at radius 2 is 2.14 bits per heavy atom. The third kappa shape index (κ3) is 3.20. The molecule has 0 spiro atoms. The first-order chi connectivity index (χ1) is 10.7. The van der Waals surface area contributed by atoms with E-state index in [4.69, 9.17) is 0 Å². The molecule has 0 unspecified atom stereocenters. The first kappa shape index (κ1) is 14.0. The minimum absolute atomic E-state index is 0.158. The summed E-state index contributed by atoms with van der Waals surface area (Å²) in [5.74, 6) is 0.544. The average molecular weight is 292 g/mol. The van der Waals surface area contributed by atoms with Gasteiger partial charge >= 0.3 is 0 Å². The van der Waals surface area contributed by atoms with Crippen LogP contribution in [0.4, 0.5) is 0 Å². The Labute approximate surface area is 128 Å². The van der Waals surface area contributed by atoms with E-state index in [9.17, 15) is 4.79 Å². The molecule has 0 saturated carbocycles. The van der Waals surface area contributed by atoms with E-state index >= 15 is 0 Å². The topological polar surface area (TPSA) is 59.3 Å². The van der Waals surface area contributed by atoms with Gasteiger partial charge in [-0.1, -0.05) is 35.9 Å². The second-order valence-corrected chi connectivity index (χ2v) is 5.01. The molecule has 2 heterocycles. The molecule has 0 aliphatic heterocycles. The van der Waals surface area contributed by atoms with Crippen molar-refractivity contribution in [3.05, 3.63) is 71.7 Å². The van der Waals surface area contributed by atoms with Gasteiger partial charge in [0.05, 0.1) is 6.54 Å². The molecule has 3 aromatic rings. The molecule has 0 fully saturated rings. The van der Waals surface area contributed by atoms with Crippen LogP contribution in [0.3, 0.4) is 0 Å². The van der Waals surface area contributed by atoms with Gasteiger partial charge in [-0.3, -0.25) is 9.20 Å². The summed E-state index contributed by atoms with van der Waals surface area (Å²) < 4.78 is 1.85. The number of aryl methyl sites for hydroxylation is 1. The lowest BCUT2D eigenvalue weighted by atomic mass is 10.1. The van der Waals surface area contributed by atoms with Gasteiger partial charge < -0.3 is 5.32 Å². The van der Waals surface area contributed by atoms with Crippen LogP contribution in [0, 0.1) is 6.92 Å². The number of nitrogens with one attached hydrogen (secondary N) is 1. The summed E-state index contributed by atoms with van der Waals surface area (Å²) in [6.07, 6.45) is 5.20. The first-order valence-corrected chi connectivity index (χ1v) is 7.03. The van der Waals surface area contributed by atoms with Gasteiger partial charge in [0.1, 0.15) is 0 Å². The summed E-state index contributed by atoms with van der Waals surface area (Å²) in [5, 5.41) is 10.9. The van der Waals surface area contributed by atoms with E-state index in [1.54, 1.807) is 6.08 Å². The van der Waals surface area contributed by atoms with E-state index in [-0.39, 0.29) is 5.91 Å². The number of rotatable bonds is 4. The molecule has 0 saturated heterocycles. The van der Waals surface area contributed by atoms with Crippen molar-refractivity contribution in [2.45, 2.75) is 13.5 Å². The number of carbonyl (C=O) groups is 1. The normalized spacial score (nSPS) is 11.1. The quantitative estimate of drug-likeness (QED) is 0.751. The molecule has 1 aromatic carbocycles. The maximum absolute atomic E-state index is 11.9. The summed E-state index contributed by atoms with van der Waals surface area (Å²) >= 11 is 0. The van der Waals surface area contributed by atoms with Crippen molar-refractivity contribution in [3.63, 3.8) is 0 Å². The van der Waals surface area contributed by atoms with E-state index in [1.165, 1.54) is 6.08 Å². The van der Waals surface area contributed by atoms with Gasteiger partial charge in [-0.25, -0.2) is 0 Å². The van der Waals surface area contributed by atoms with Crippen molar-refractivity contribution in [1.29, 1.82) is 0 Å². The Morgan fingerprint density at radius 1 is 1.23 bits per heavy atom. The zero-order chi connectivity index (χ0) is 15.4. The highest BCUT2D eigenvalue weighted by atomic mass is 16.1. The predicted octanol–water partition coefficient (Wildman–Crippen LogP) is 2.37. The van der Waals surface area contributed by atoms with Crippen LogP contribution in [0.5, 0.6) is 0 Å². The lowest BCUT2D eigenvalue weighted by Gasteiger charge is -2.01. The second-order valence-electron chi connectivity index (χ2n) is 5.01. The maximum Gasteiger partial charge on any atom is 0.244 e. The Hall–Kier alpha value is -2.95.